The lowest BCUT2D eigenvalue weighted by molar-refractivity contribution is -0.397. The zero-order valence-corrected chi connectivity index (χ0v) is 11.3. The Labute approximate surface area is 126 Å². The van der Waals surface area contributed by atoms with E-state index in [0.717, 1.165) is 4.57 Å². The minimum Gasteiger partial charge on any atom is -0.480 e. The Morgan fingerprint density at radius 2 is 1.87 bits per heavy atom. The Bertz CT molecular complexity index is 788. The van der Waals surface area contributed by atoms with Crippen LogP contribution in [0.4, 0.5) is 11.4 Å². The molecule has 0 saturated carbocycles. The molecule has 1 atom stereocenters. The fraction of sp³-hybridized carbons (Fsp3) is 0.182. The number of rotatable bonds is 6. The quantitative estimate of drug-likeness (QED) is 0.561. The smallest absolute Gasteiger partial charge is 0.339 e. The third-order valence-corrected chi connectivity index (χ3v) is 3.01. The van der Waals surface area contributed by atoms with Gasteiger partial charge in [0.25, 0.3) is 0 Å². The maximum atomic E-state index is 11.7. The highest BCUT2D eigenvalue weighted by molar-refractivity contribution is 5.72. The number of H-pyrrole nitrogens is 1. The first-order chi connectivity index (χ1) is 10.8. The van der Waals surface area contributed by atoms with Gasteiger partial charge in [0, 0.05) is 18.3 Å². The number of aromatic amines is 1. The first-order valence-corrected chi connectivity index (χ1v) is 6.06. The number of nitro groups is 2. The maximum Gasteiger partial charge on any atom is 0.339 e. The topological polar surface area (TPSA) is 174 Å². The van der Waals surface area contributed by atoms with Gasteiger partial charge in [0.05, 0.1) is 28.6 Å². The van der Waals surface area contributed by atoms with Gasteiger partial charge in [-0.15, -0.1) is 0 Å². The summed E-state index contributed by atoms with van der Waals surface area (Å²) in [6.07, 6.45) is 3.84. The Kier molecular flexibility index (Phi) is 4.16. The Morgan fingerprint density at radius 3 is 2.26 bits per heavy atom. The molecule has 0 unspecified atom stereocenters. The Hall–Kier alpha value is -3.57. The van der Waals surface area contributed by atoms with E-state index in [4.69, 9.17) is 0 Å². The van der Waals surface area contributed by atoms with Crippen molar-refractivity contribution in [1.29, 1.82) is 0 Å². The van der Waals surface area contributed by atoms with Gasteiger partial charge >= 0.3 is 22.8 Å². The van der Waals surface area contributed by atoms with Crippen molar-refractivity contribution < 1.29 is 19.7 Å². The molecule has 0 spiro atoms. The summed E-state index contributed by atoms with van der Waals surface area (Å²) in [5.41, 5.74) is -3.13. The molecular formula is C11H9N5O7. The summed E-state index contributed by atoms with van der Waals surface area (Å²) in [5, 5.41) is 31.0. The minimum atomic E-state index is -1.39. The molecule has 0 aromatic carbocycles. The predicted molar refractivity (Wildman–Crippen MR) is 73.0 cm³/mol. The van der Waals surface area contributed by atoms with E-state index in [1.165, 1.54) is 12.5 Å². The maximum absolute atomic E-state index is 11.7. The SMILES string of the molecule is O=C(O)[C@@H](Cc1cnc[nH]1)n1cc([N+](=O)[O-])c(=O)c([N+](=O)[O-])c1. The molecule has 0 saturated heterocycles. The zero-order chi connectivity index (χ0) is 17.1. The number of pyridine rings is 1. The zero-order valence-electron chi connectivity index (χ0n) is 11.3. The lowest BCUT2D eigenvalue weighted by Gasteiger charge is -2.15. The molecule has 0 fully saturated rings. The lowest BCUT2D eigenvalue weighted by atomic mass is 10.1. The van der Waals surface area contributed by atoms with Crippen LogP contribution in [0.25, 0.3) is 0 Å². The van der Waals surface area contributed by atoms with Crippen LogP contribution >= 0.6 is 0 Å². The summed E-state index contributed by atoms with van der Waals surface area (Å²) in [6.45, 7) is 0. The molecule has 0 bridgehead atoms. The van der Waals surface area contributed by atoms with Crippen LogP contribution in [0.15, 0.2) is 29.7 Å². The van der Waals surface area contributed by atoms with Crippen molar-refractivity contribution in [3.05, 3.63) is 61.1 Å². The molecule has 0 aliphatic rings. The van der Waals surface area contributed by atoms with Crippen LogP contribution in [0.2, 0.25) is 0 Å². The summed E-state index contributed by atoms with van der Waals surface area (Å²) >= 11 is 0. The molecule has 2 heterocycles. The summed E-state index contributed by atoms with van der Waals surface area (Å²) in [4.78, 5) is 49.0. The number of aromatic nitrogens is 3. The molecular weight excluding hydrogens is 314 g/mol. The van der Waals surface area contributed by atoms with Gasteiger partial charge in [-0.1, -0.05) is 0 Å². The Morgan fingerprint density at radius 1 is 1.30 bits per heavy atom. The van der Waals surface area contributed by atoms with E-state index in [1.54, 1.807) is 0 Å². The van der Waals surface area contributed by atoms with Crippen molar-refractivity contribution in [3.63, 3.8) is 0 Å². The summed E-state index contributed by atoms with van der Waals surface area (Å²) in [5.74, 6) is -1.38. The fourth-order valence-corrected chi connectivity index (χ4v) is 1.93. The summed E-state index contributed by atoms with van der Waals surface area (Å²) < 4.78 is 0.765. The molecule has 2 rings (SSSR count). The van der Waals surface area contributed by atoms with E-state index in [0.29, 0.717) is 18.1 Å². The van der Waals surface area contributed by atoms with Crippen molar-refractivity contribution in [2.75, 3.05) is 0 Å². The van der Waals surface area contributed by atoms with Crippen molar-refractivity contribution >= 4 is 17.3 Å². The van der Waals surface area contributed by atoms with Crippen LogP contribution in [0.3, 0.4) is 0 Å². The predicted octanol–water partition coefficient (Wildman–Crippen LogP) is 0.256. The van der Waals surface area contributed by atoms with Crippen LogP contribution in [-0.4, -0.2) is 35.5 Å². The van der Waals surface area contributed by atoms with E-state index in [2.05, 4.69) is 9.97 Å². The average molecular weight is 323 g/mol. The number of hydrogen-bond donors (Lipinski definition) is 2. The van der Waals surface area contributed by atoms with E-state index in [-0.39, 0.29) is 6.42 Å². The molecule has 12 nitrogen and oxygen atoms in total. The third kappa shape index (κ3) is 3.20. The van der Waals surface area contributed by atoms with Crippen LogP contribution in [0, 0.1) is 20.2 Å². The average Bonchev–Trinajstić information content (AvgIpc) is 2.97. The highest BCUT2D eigenvalue weighted by atomic mass is 16.6. The van der Waals surface area contributed by atoms with Crippen molar-refractivity contribution in [1.82, 2.24) is 14.5 Å². The lowest BCUT2D eigenvalue weighted by Crippen LogP contribution is -2.25. The van der Waals surface area contributed by atoms with Crippen LogP contribution in [0.1, 0.15) is 11.7 Å². The van der Waals surface area contributed by atoms with Gasteiger partial charge in [0.1, 0.15) is 6.04 Å². The van der Waals surface area contributed by atoms with Crippen LogP contribution in [0.5, 0.6) is 0 Å². The number of nitrogens with zero attached hydrogens (tertiary/aromatic N) is 4. The molecule has 120 valence electrons. The van der Waals surface area contributed by atoms with Gasteiger partial charge in [-0.3, -0.25) is 25.0 Å². The van der Waals surface area contributed by atoms with Gasteiger partial charge in [-0.2, -0.15) is 0 Å². The number of carbonyl (C=O) groups is 1. The van der Waals surface area contributed by atoms with Gasteiger partial charge in [0.2, 0.25) is 0 Å². The largest absolute Gasteiger partial charge is 0.480 e. The molecule has 0 amide bonds. The summed E-state index contributed by atoms with van der Waals surface area (Å²) in [7, 11) is 0. The number of aliphatic carboxylic acids is 1. The molecule has 0 aliphatic heterocycles. The van der Waals surface area contributed by atoms with Crippen molar-refractivity contribution in [3.8, 4) is 0 Å². The molecule has 2 aromatic rings. The van der Waals surface area contributed by atoms with Crippen molar-refractivity contribution in [2.24, 2.45) is 0 Å². The number of imidazole rings is 1. The molecule has 23 heavy (non-hydrogen) atoms. The molecule has 0 aliphatic carbocycles. The number of hydrogen-bond acceptors (Lipinski definition) is 7. The second-order valence-corrected chi connectivity index (χ2v) is 4.45. The standard InChI is InChI=1S/C11H9N5O7/c17-10-8(15(20)21)3-14(4-9(10)16(22)23)7(11(18)19)1-6-2-12-5-13-6/h2-5,7H,1H2,(H,12,13)(H,18,19)/t7-/m1/s1. The number of nitrogens with one attached hydrogen (secondary N) is 1. The van der Waals surface area contributed by atoms with E-state index < -0.39 is 38.7 Å². The van der Waals surface area contributed by atoms with Gasteiger partial charge in [-0.05, 0) is 0 Å². The molecule has 2 aromatic heterocycles. The first kappa shape index (κ1) is 15.8. The van der Waals surface area contributed by atoms with Gasteiger partial charge < -0.3 is 14.7 Å². The fourth-order valence-electron chi connectivity index (χ4n) is 1.93. The second-order valence-electron chi connectivity index (χ2n) is 4.45. The van der Waals surface area contributed by atoms with Crippen LogP contribution < -0.4 is 5.43 Å². The highest BCUT2D eigenvalue weighted by Crippen LogP contribution is 2.19. The number of carboxylic acids is 1. The first-order valence-electron chi connectivity index (χ1n) is 6.06. The van der Waals surface area contributed by atoms with Gasteiger partial charge in [0.15, 0.2) is 0 Å². The van der Waals surface area contributed by atoms with E-state index in [9.17, 15) is 34.9 Å². The van der Waals surface area contributed by atoms with Crippen LogP contribution in [-0.2, 0) is 11.2 Å². The third-order valence-electron chi connectivity index (χ3n) is 3.01. The van der Waals surface area contributed by atoms with Gasteiger partial charge in [-0.25, -0.2) is 9.78 Å². The highest BCUT2D eigenvalue weighted by Gasteiger charge is 2.29. The summed E-state index contributed by atoms with van der Waals surface area (Å²) in [6, 6.07) is -1.39. The second kappa shape index (κ2) is 6.05. The normalized spacial score (nSPS) is 11.8. The molecule has 0 radical (unpaired) electrons. The van der Waals surface area contributed by atoms with Crippen molar-refractivity contribution in [2.45, 2.75) is 12.5 Å². The molecule has 2 N–H and O–H groups in total. The monoisotopic (exact) mass is 323 g/mol. The van der Waals surface area contributed by atoms with E-state index in [1.807, 2.05) is 0 Å². The van der Waals surface area contributed by atoms with E-state index >= 15 is 0 Å². The Balaban J connectivity index is 2.58. The molecule has 12 heteroatoms. The minimum absolute atomic E-state index is 0.160. The number of carboxylic acid groups (broad SMARTS) is 1.